The molecule has 0 aromatic carbocycles. The van der Waals surface area contributed by atoms with Gasteiger partial charge in [0, 0.05) is 0 Å². The molecule has 0 aromatic heterocycles. The van der Waals surface area contributed by atoms with E-state index in [0.29, 0.717) is 6.42 Å². The van der Waals surface area contributed by atoms with Gasteiger partial charge in [-0.3, -0.25) is 4.57 Å². The largest absolute Gasteiger partial charge is 0.378 e. The number of aliphatic hydroxyl groups is 1. The number of hydrogen-bond donors (Lipinski definition) is 2. The van der Waals surface area contributed by atoms with Gasteiger partial charge in [-0.2, -0.15) is 0 Å². The Morgan fingerprint density at radius 3 is 2.33 bits per heavy atom. The molecule has 0 fully saturated rings. The van der Waals surface area contributed by atoms with Gasteiger partial charge in [0.15, 0.2) is 5.34 Å². The molecule has 2 N–H and O–H groups in total. The zero-order chi connectivity index (χ0) is 9.83. The zero-order valence-corrected chi connectivity index (χ0v) is 8.67. The maximum Gasteiger partial charge on any atom is 0.359 e. The van der Waals surface area contributed by atoms with Crippen LogP contribution in [0.4, 0.5) is 0 Å². The van der Waals surface area contributed by atoms with Crippen LogP contribution in [0.5, 0.6) is 0 Å². The van der Waals surface area contributed by atoms with E-state index in [1.165, 1.54) is 6.92 Å². The summed E-state index contributed by atoms with van der Waals surface area (Å²) in [6, 6.07) is 0. The number of rotatable bonds is 5. The van der Waals surface area contributed by atoms with Crippen LogP contribution in [0, 0.1) is 0 Å². The van der Waals surface area contributed by atoms with Gasteiger partial charge in [0.05, 0.1) is 6.61 Å². The Bertz CT molecular complexity index is 178. The highest BCUT2D eigenvalue weighted by Crippen LogP contribution is 2.55. The van der Waals surface area contributed by atoms with Crippen molar-refractivity contribution in [2.45, 2.75) is 39.0 Å². The van der Waals surface area contributed by atoms with E-state index in [4.69, 9.17) is 4.52 Å². The molecule has 0 aliphatic carbocycles. The molecule has 2 unspecified atom stereocenters. The second kappa shape index (κ2) is 4.38. The third kappa shape index (κ3) is 2.87. The Balaban J connectivity index is 4.28. The quantitative estimate of drug-likeness (QED) is 0.657. The summed E-state index contributed by atoms with van der Waals surface area (Å²) in [7, 11) is -3.86. The minimum absolute atomic E-state index is 0.198. The lowest BCUT2D eigenvalue weighted by Crippen LogP contribution is -2.24. The third-order valence-electron chi connectivity index (χ3n) is 1.75. The predicted molar refractivity (Wildman–Crippen MR) is 47.0 cm³/mol. The Morgan fingerprint density at radius 1 is 1.50 bits per heavy atom. The Kier molecular flexibility index (Phi) is 4.42. The second-order valence-electron chi connectivity index (χ2n) is 2.92. The average molecular weight is 196 g/mol. The van der Waals surface area contributed by atoms with Crippen LogP contribution in [-0.2, 0) is 9.09 Å². The summed E-state index contributed by atoms with van der Waals surface area (Å²) >= 11 is 0. The SMILES string of the molecule is CCCOP(=O)(O)C(C)(O)CC. The molecule has 0 aromatic rings. The van der Waals surface area contributed by atoms with E-state index in [-0.39, 0.29) is 13.0 Å². The van der Waals surface area contributed by atoms with Crippen molar-refractivity contribution >= 4 is 7.60 Å². The van der Waals surface area contributed by atoms with Crippen molar-refractivity contribution in [1.29, 1.82) is 0 Å². The van der Waals surface area contributed by atoms with Crippen molar-refractivity contribution in [2.75, 3.05) is 6.61 Å². The predicted octanol–water partition coefficient (Wildman–Crippen LogP) is 1.72. The zero-order valence-electron chi connectivity index (χ0n) is 7.78. The van der Waals surface area contributed by atoms with Gasteiger partial charge < -0.3 is 14.5 Å². The molecule has 0 spiro atoms. The van der Waals surface area contributed by atoms with Gasteiger partial charge in [-0.1, -0.05) is 13.8 Å². The van der Waals surface area contributed by atoms with Crippen LogP contribution < -0.4 is 0 Å². The molecule has 2 atom stereocenters. The normalized spacial score (nSPS) is 21.4. The highest BCUT2D eigenvalue weighted by molar-refractivity contribution is 7.54. The first-order chi connectivity index (χ1) is 5.37. The maximum absolute atomic E-state index is 11.3. The smallest absolute Gasteiger partial charge is 0.359 e. The van der Waals surface area contributed by atoms with Crippen LogP contribution in [0.1, 0.15) is 33.6 Å². The van der Waals surface area contributed by atoms with Crippen LogP contribution in [0.2, 0.25) is 0 Å². The van der Waals surface area contributed by atoms with Gasteiger partial charge in [0.2, 0.25) is 0 Å². The topological polar surface area (TPSA) is 66.8 Å². The van der Waals surface area contributed by atoms with Crippen molar-refractivity contribution in [1.82, 2.24) is 0 Å². The lowest BCUT2D eigenvalue weighted by molar-refractivity contribution is 0.0906. The Morgan fingerprint density at radius 2 is 2.00 bits per heavy atom. The van der Waals surface area contributed by atoms with Gasteiger partial charge in [-0.05, 0) is 19.8 Å². The van der Waals surface area contributed by atoms with Crippen LogP contribution in [0.3, 0.4) is 0 Å². The van der Waals surface area contributed by atoms with Crippen molar-refractivity contribution in [3.63, 3.8) is 0 Å². The monoisotopic (exact) mass is 196 g/mol. The molecule has 74 valence electrons. The highest BCUT2D eigenvalue weighted by Gasteiger charge is 2.41. The molecule has 0 aliphatic heterocycles. The molecule has 0 heterocycles. The lowest BCUT2D eigenvalue weighted by Gasteiger charge is -2.26. The average Bonchev–Trinajstić information content (AvgIpc) is 2.00. The van der Waals surface area contributed by atoms with Gasteiger partial charge in [0.1, 0.15) is 0 Å². The van der Waals surface area contributed by atoms with E-state index in [1.807, 2.05) is 6.92 Å². The van der Waals surface area contributed by atoms with Crippen molar-refractivity contribution in [2.24, 2.45) is 0 Å². The molecule has 0 amide bonds. The summed E-state index contributed by atoms with van der Waals surface area (Å²) in [5, 5.41) is 7.82. The Labute approximate surface area is 73.1 Å². The van der Waals surface area contributed by atoms with Crippen LogP contribution in [-0.4, -0.2) is 21.9 Å². The molecule has 12 heavy (non-hydrogen) atoms. The summed E-state index contributed by atoms with van der Waals surface area (Å²) in [4.78, 5) is 9.26. The Hall–Kier alpha value is 0.110. The van der Waals surface area contributed by atoms with Crippen molar-refractivity contribution < 1.29 is 19.1 Å². The summed E-state index contributed by atoms with van der Waals surface area (Å²) in [5.41, 5.74) is 0. The van der Waals surface area contributed by atoms with Crippen LogP contribution in [0.25, 0.3) is 0 Å². The highest BCUT2D eigenvalue weighted by atomic mass is 31.2. The standard InChI is InChI=1S/C7H17O4P/c1-4-6-11-12(9,10)7(3,8)5-2/h8H,4-6H2,1-3H3,(H,9,10). The molecule has 0 saturated heterocycles. The minimum Gasteiger partial charge on any atom is -0.378 e. The molecule has 0 aliphatic rings. The first kappa shape index (κ1) is 12.1. The third-order valence-corrected chi connectivity index (χ3v) is 3.82. The van der Waals surface area contributed by atoms with E-state index in [2.05, 4.69) is 0 Å². The molecule has 0 radical (unpaired) electrons. The van der Waals surface area contributed by atoms with E-state index in [0.717, 1.165) is 0 Å². The molecular weight excluding hydrogens is 179 g/mol. The van der Waals surface area contributed by atoms with Crippen molar-refractivity contribution in [3.05, 3.63) is 0 Å². The van der Waals surface area contributed by atoms with Gasteiger partial charge in [0.25, 0.3) is 0 Å². The summed E-state index contributed by atoms with van der Waals surface area (Å²) < 4.78 is 16.0. The fraction of sp³-hybridized carbons (Fsp3) is 1.00. The fourth-order valence-corrected chi connectivity index (χ4v) is 1.66. The molecule has 5 heteroatoms. The molecule has 0 bridgehead atoms. The maximum atomic E-state index is 11.3. The molecule has 0 saturated carbocycles. The first-order valence-electron chi connectivity index (χ1n) is 4.07. The molecule has 0 rings (SSSR count). The van der Waals surface area contributed by atoms with E-state index in [9.17, 15) is 14.6 Å². The fourth-order valence-electron chi connectivity index (χ4n) is 0.554. The van der Waals surface area contributed by atoms with Gasteiger partial charge >= 0.3 is 7.60 Å². The first-order valence-corrected chi connectivity index (χ1v) is 5.65. The molecule has 4 nitrogen and oxygen atoms in total. The molecular formula is C7H17O4P. The number of hydrogen-bond acceptors (Lipinski definition) is 3. The summed E-state index contributed by atoms with van der Waals surface area (Å²) in [6.07, 6.45) is 0.856. The van der Waals surface area contributed by atoms with Gasteiger partial charge in [-0.15, -0.1) is 0 Å². The van der Waals surface area contributed by atoms with E-state index < -0.39 is 12.9 Å². The van der Waals surface area contributed by atoms with Crippen LogP contribution in [0.15, 0.2) is 0 Å². The van der Waals surface area contributed by atoms with E-state index in [1.54, 1.807) is 6.92 Å². The minimum atomic E-state index is -3.86. The summed E-state index contributed by atoms with van der Waals surface area (Å²) in [5.74, 6) is 0. The second-order valence-corrected chi connectivity index (χ2v) is 5.19. The lowest BCUT2D eigenvalue weighted by atomic mass is 10.3. The van der Waals surface area contributed by atoms with E-state index >= 15 is 0 Å². The summed E-state index contributed by atoms with van der Waals surface area (Å²) in [6.45, 7) is 4.98. The van der Waals surface area contributed by atoms with Gasteiger partial charge in [-0.25, -0.2) is 0 Å². The van der Waals surface area contributed by atoms with Crippen molar-refractivity contribution in [3.8, 4) is 0 Å². The van der Waals surface area contributed by atoms with Crippen LogP contribution >= 0.6 is 7.60 Å².